The summed E-state index contributed by atoms with van der Waals surface area (Å²) < 4.78 is 0. The Bertz CT molecular complexity index is 487. The first-order valence-corrected chi connectivity index (χ1v) is 7.66. The molecule has 0 aromatic carbocycles. The Balaban J connectivity index is 0. The fourth-order valence-electron chi connectivity index (χ4n) is 2.18. The van der Waals surface area contributed by atoms with Gasteiger partial charge in [0.1, 0.15) is 0 Å². The van der Waals surface area contributed by atoms with Crippen molar-refractivity contribution in [2.45, 2.75) is 0 Å². The van der Waals surface area contributed by atoms with Crippen LogP contribution in [-0.2, 0) is 24.0 Å². The number of carbonyl (C=O) groups is 5. The molecule has 0 aliphatic carbocycles. The molecule has 0 fully saturated rings. The van der Waals surface area contributed by atoms with E-state index in [9.17, 15) is 49.5 Å². The van der Waals surface area contributed by atoms with E-state index in [1.807, 2.05) is 0 Å². The zero-order chi connectivity index (χ0) is 21.0. The Labute approximate surface area is 178 Å². The molecular formula is C14H18InN3O10-2. The predicted octanol–water partition coefficient (Wildman–Crippen LogP) is -9.74. The van der Waals surface area contributed by atoms with Crippen LogP contribution in [0, 0.1) is 0 Å². The van der Waals surface area contributed by atoms with Crippen molar-refractivity contribution in [3.8, 4) is 0 Å². The second-order valence-electron chi connectivity index (χ2n) is 5.56. The van der Waals surface area contributed by atoms with E-state index in [-0.39, 0.29) is 52.0 Å². The summed E-state index contributed by atoms with van der Waals surface area (Å²) in [5, 5.41) is 53.3. The third-order valence-corrected chi connectivity index (χ3v) is 3.23. The molecule has 0 aromatic rings. The zero-order valence-corrected chi connectivity index (χ0v) is 18.2. The topological polar surface area (TPSA) is 210 Å². The molecule has 0 N–H and O–H groups in total. The fraction of sp³-hybridized carbons (Fsp3) is 0.643. The van der Waals surface area contributed by atoms with Gasteiger partial charge in [-0.15, -0.1) is 0 Å². The number of rotatable bonds is 16. The number of hydrogen-bond donors (Lipinski definition) is 0. The van der Waals surface area contributed by atoms with Crippen molar-refractivity contribution in [3.63, 3.8) is 0 Å². The van der Waals surface area contributed by atoms with Gasteiger partial charge >= 0.3 is 25.8 Å². The standard InChI is InChI=1S/C14H23N3O10.In/c18-10(19)5-15(1-3-16(6-11(20)21)7-12(22)23)2-4-17(8-13(24)25)9-14(26)27;/h1-9H2,(H,18,19)(H,20,21)(H,22,23)(H,24,25)(H,26,27);/q;+3/p-5/i;1-4. The maximum absolute atomic E-state index is 10.8. The van der Waals surface area contributed by atoms with Crippen LogP contribution in [0.25, 0.3) is 0 Å². The Morgan fingerprint density at radius 2 is 0.607 bits per heavy atom. The third-order valence-electron chi connectivity index (χ3n) is 3.23. The Hall–Kier alpha value is -1.90. The van der Waals surface area contributed by atoms with Crippen molar-refractivity contribution in [2.75, 3.05) is 58.9 Å². The maximum Gasteiger partial charge on any atom is 3.00 e. The number of carbonyl (C=O) groups excluding carboxylic acids is 5. The summed E-state index contributed by atoms with van der Waals surface area (Å²) in [6, 6.07) is 0. The molecule has 28 heavy (non-hydrogen) atoms. The van der Waals surface area contributed by atoms with Crippen molar-refractivity contribution in [1.82, 2.24) is 14.7 Å². The van der Waals surface area contributed by atoms with Crippen LogP contribution in [0.3, 0.4) is 0 Å². The molecule has 0 saturated heterocycles. The van der Waals surface area contributed by atoms with E-state index in [4.69, 9.17) is 0 Å². The molecule has 0 rings (SSSR count). The minimum absolute atomic E-state index is 0. The molecule has 0 spiro atoms. The fourth-order valence-corrected chi connectivity index (χ4v) is 2.18. The normalized spacial score (nSPS) is 10.7. The zero-order valence-electron chi connectivity index (χ0n) is 14.9. The number of carboxylic acid groups (broad SMARTS) is 5. The van der Waals surface area contributed by atoms with Crippen molar-refractivity contribution >= 4 is 55.7 Å². The van der Waals surface area contributed by atoms with E-state index < -0.39 is 62.6 Å². The van der Waals surface area contributed by atoms with Crippen molar-refractivity contribution < 1.29 is 49.5 Å². The second-order valence-corrected chi connectivity index (χ2v) is 5.56. The number of aliphatic carboxylic acids is 5. The molecule has 0 heterocycles. The number of nitrogens with zero attached hydrogens (tertiary/aromatic N) is 3. The van der Waals surface area contributed by atoms with E-state index in [2.05, 4.69) is 0 Å². The first-order chi connectivity index (χ1) is 12.5. The van der Waals surface area contributed by atoms with Crippen LogP contribution >= 0.6 is 0 Å². The second kappa shape index (κ2) is 15.1. The van der Waals surface area contributed by atoms with E-state index >= 15 is 0 Å². The van der Waals surface area contributed by atoms with Gasteiger partial charge in [-0.3, -0.25) is 14.7 Å². The van der Waals surface area contributed by atoms with Crippen molar-refractivity contribution in [2.24, 2.45) is 0 Å². The molecular weight excluding hydrogens is 481 g/mol. The molecule has 0 aromatic heterocycles. The van der Waals surface area contributed by atoms with Crippen LogP contribution in [0.5, 0.6) is 0 Å². The Morgan fingerprint density at radius 3 is 0.821 bits per heavy atom. The molecule has 0 amide bonds. The van der Waals surface area contributed by atoms with Gasteiger partial charge in [-0.2, -0.15) is 0 Å². The molecule has 154 valence electrons. The minimum atomic E-state index is -1.54. The van der Waals surface area contributed by atoms with E-state index in [0.29, 0.717) is 0 Å². The van der Waals surface area contributed by atoms with Gasteiger partial charge < -0.3 is 49.5 Å². The first kappa shape index (κ1) is 28.3. The van der Waals surface area contributed by atoms with Gasteiger partial charge in [0, 0.05) is 58.9 Å². The van der Waals surface area contributed by atoms with Gasteiger partial charge in [0.15, 0.2) is 0 Å². The van der Waals surface area contributed by atoms with E-state index in [1.165, 1.54) is 4.90 Å². The van der Waals surface area contributed by atoms with Gasteiger partial charge in [0.25, 0.3) is 0 Å². The average Bonchev–Trinajstić information content (AvgIpc) is 2.46. The summed E-state index contributed by atoms with van der Waals surface area (Å²) >= 11 is 0. The summed E-state index contributed by atoms with van der Waals surface area (Å²) in [5.41, 5.74) is 0. The number of hydrogen-bond acceptors (Lipinski definition) is 13. The smallest absolute Gasteiger partial charge is 0.549 e. The Kier molecular flexibility index (Phi) is 15.2. The number of carboxylic acids is 5. The summed E-state index contributed by atoms with van der Waals surface area (Å²) in [4.78, 5) is 56.4. The van der Waals surface area contributed by atoms with Crippen LogP contribution in [0.15, 0.2) is 0 Å². The molecule has 0 aliphatic rings. The van der Waals surface area contributed by atoms with Gasteiger partial charge in [-0.25, -0.2) is 0 Å². The van der Waals surface area contributed by atoms with Gasteiger partial charge in [0.2, 0.25) is 0 Å². The first-order valence-electron chi connectivity index (χ1n) is 7.66. The molecule has 0 saturated carbocycles. The van der Waals surface area contributed by atoms with E-state index in [1.54, 1.807) is 0 Å². The summed E-state index contributed by atoms with van der Waals surface area (Å²) in [5.74, 6) is -7.67. The van der Waals surface area contributed by atoms with Crippen LogP contribution in [0.4, 0.5) is 0 Å². The van der Waals surface area contributed by atoms with Gasteiger partial charge in [0.05, 0.1) is 29.8 Å². The van der Waals surface area contributed by atoms with Crippen LogP contribution in [0.1, 0.15) is 0 Å². The molecule has 14 heteroatoms. The summed E-state index contributed by atoms with van der Waals surface area (Å²) in [6.45, 7) is -4.16. The van der Waals surface area contributed by atoms with Gasteiger partial charge in [-0.1, -0.05) is 0 Å². The average molecular weight is 499 g/mol. The van der Waals surface area contributed by atoms with Crippen molar-refractivity contribution in [3.05, 3.63) is 0 Å². The maximum atomic E-state index is 10.8. The minimum Gasteiger partial charge on any atom is -0.549 e. The third kappa shape index (κ3) is 16.3. The van der Waals surface area contributed by atoms with Crippen LogP contribution in [0.2, 0.25) is 0 Å². The van der Waals surface area contributed by atoms with Crippen molar-refractivity contribution in [1.29, 1.82) is 0 Å². The monoisotopic (exact) mass is 499 g/mol. The molecule has 0 atom stereocenters. The van der Waals surface area contributed by atoms with Crippen LogP contribution < -0.4 is 25.5 Å². The SMILES string of the molecule is O=C([O-])CN(CCN(CC(=O)[O-])CC(=O)[O-])CCN(CC(=O)[O-])CC(=O)[O-].[111In+3]. The summed E-state index contributed by atoms with van der Waals surface area (Å²) in [7, 11) is 0. The van der Waals surface area contributed by atoms with Crippen LogP contribution in [-0.4, -0.2) is 129 Å². The largest absolute Gasteiger partial charge is 3.00 e. The quantitative estimate of drug-likeness (QED) is 0.193. The Morgan fingerprint density at radius 1 is 0.429 bits per heavy atom. The van der Waals surface area contributed by atoms with E-state index in [0.717, 1.165) is 9.80 Å². The molecule has 0 aliphatic heterocycles. The molecule has 0 bridgehead atoms. The molecule has 0 radical (unpaired) electrons. The summed E-state index contributed by atoms with van der Waals surface area (Å²) in [6.07, 6.45) is 0. The predicted molar refractivity (Wildman–Crippen MR) is 80.1 cm³/mol. The molecule has 0 unspecified atom stereocenters. The van der Waals surface area contributed by atoms with Gasteiger partial charge in [-0.05, 0) is 0 Å². The molecule has 13 nitrogen and oxygen atoms in total.